The lowest BCUT2D eigenvalue weighted by Crippen LogP contribution is -2.45. The Morgan fingerprint density at radius 1 is 1.19 bits per heavy atom. The van der Waals surface area contributed by atoms with Crippen LogP contribution >= 0.6 is 11.8 Å². The first-order valence-corrected chi connectivity index (χ1v) is 13.3. The molecule has 1 aliphatic rings. The Bertz CT molecular complexity index is 1010. The van der Waals surface area contributed by atoms with Gasteiger partial charge in [-0.05, 0) is 31.2 Å². The van der Waals surface area contributed by atoms with Gasteiger partial charge in [-0.25, -0.2) is 4.98 Å². The van der Waals surface area contributed by atoms with Crippen LogP contribution in [0.5, 0.6) is 0 Å². The molecule has 1 saturated heterocycles. The zero-order valence-corrected chi connectivity index (χ0v) is 22.1. The van der Waals surface area contributed by atoms with Crippen LogP contribution in [-0.2, 0) is 25.3 Å². The molecule has 0 radical (unpaired) electrons. The summed E-state index contributed by atoms with van der Waals surface area (Å²) < 4.78 is 11.7. The first-order valence-electron chi connectivity index (χ1n) is 12.3. The molecule has 1 aromatic carbocycles. The van der Waals surface area contributed by atoms with Gasteiger partial charge in [-0.15, -0.1) is 11.8 Å². The van der Waals surface area contributed by atoms with Crippen molar-refractivity contribution < 1.29 is 23.7 Å². The molecule has 1 amide bonds. The van der Waals surface area contributed by atoms with Gasteiger partial charge >= 0.3 is 13.1 Å². The second-order valence-electron chi connectivity index (χ2n) is 9.59. The third kappa shape index (κ3) is 8.45. The van der Waals surface area contributed by atoms with Crippen LogP contribution in [0.25, 0.3) is 0 Å². The van der Waals surface area contributed by atoms with Gasteiger partial charge in [-0.2, -0.15) is 0 Å². The highest BCUT2D eigenvalue weighted by molar-refractivity contribution is 8.01. The van der Waals surface area contributed by atoms with E-state index in [1.165, 1.54) is 30.4 Å². The van der Waals surface area contributed by atoms with Gasteiger partial charge < -0.3 is 14.6 Å². The Balaban J connectivity index is 1.81. The number of hydrogen-bond donors (Lipinski definition) is 1. The van der Waals surface area contributed by atoms with Crippen molar-refractivity contribution in [3.8, 4) is 0 Å². The van der Waals surface area contributed by atoms with Crippen molar-refractivity contribution in [1.29, 1.82) is 0 Å². The number of carbonyl (C=O) groups excluding carboxylic acids is 3. The monoisotopic (exact) mass is 511 g/mol. The molecular weight excluding hydrogens is 477 g/mol. The lowest BCUT2D eigenvalue weighted by Gasteiger charge is -2.30. The summed E-state index contributed by atoms with van der Waals surface area (Å²) in [6.45, 7) is 8.37. The summed E-state index contributed by atoms with van der Waals surface area (Å²) in [5.74, 6) is -1.04. The summed E-state index contributed by atoms with van der Waals surface area (Å²) in [6.07, 6.45) is 5.35. The van der Waals surface area contributed by atoms with Crippen LogP contribution in [0.1, 0.15) is 56.6 Å². The lowest BCUT2D eigenvalue weighted by atomic mass is 9.64. The predicted molar refractivity (Wildman–Crippen MR) is 141 cm³/mol. The van der Waals surface area contributed by atoms with Crippen LogP contribution in [-0.4, -0.2) is 57.9 Å². The van der Waals surface area contributed by atoms with Crippen LogP contribution in [0.4, 0.5) is 0 Å². The van der Waals surface area contributed by atoms with Crippen molar-refractivity contribution in [1.82, 2.24) is 15.3 Å². The van der Waals surface area contributed by atoms with Gasteiger partial charge in [-0.3, -0.25) is 19.4 Å². The summed E-state index contributed by atoms with van der Waals surface area (Å²) in [7, 11) is -0.817. The standard InChI is InChI=1S/C26H34BN3O5S/c1-17(2)12-21(27-34-16-18(3)36-19(4)26(33)35-27)14-24(31)22(13-20-8-6-5-7-9-20)30-25(32)23-15-28-10-11-29-23/h5-11,15,17-19,21-22H,12-14,16H2,1-4H3,(H,30,32)/t18-,19-,21+,22-/m0/s1. The van der Waals surface area contributed by atoms with Crippen LogP contribution < -0.4 is 5.32 Å². The number of aromatic nitrogens is 2. The van der Waals surface area contributed by atoms with Crippen LogP contribution in [0.2, 0.25) is 5.82 Å². The molecule has 192 valence electrons. The Hall–Kier alpha value is -2.72. The number of nitrogens with one attached hydrogen (secondary N) is 1. The van der Waals surface area contributed by atoms with E-state index in [0.717, 1.165) is 5.56 Å². The smallest absolute Gasteiger partial charge is 0.508 e. The molecule has 8 nitrogen and oxygen atoms in total. The molecule has 1 fully saturated rings. The zero-order valence-electron chi connectivity index (χ0n) is 21.3. The fourth-order valence-electron chi connectivity index (χ4n) is 4.19. The number of hydrogen-bond acceptors (Lipinski definition) is 8. The molecule has 1 N–H and O–H groups in total. The van der Waals surface area contributed by atoms with Crippen molar-refractivity contribution in [3.63, 3.8) is 0 Å². The first-order chi connectivity index (χ1) is 17.2. The summed E-state index contributed by atoms with van der Waals surface area (Å²) in [4.78, 5) is 47.1. The van der Waals surface area contributed by atoms with Crippen LogP contribution in [0.15, 0.2) is 48.9 Å². The largest absolute Gasteiger partial charge is 0.531 e. The Kier molecular flexibility index (Phi) is 10.5. The Morgan fingerprint density at radius 2 is 1.94 bits per heavy atom. The van der Waals surface area contributed by atoms with Gasteiger partial charge in [0.1, 0.15) is 5.69 Å². The quantitative estimate of drug-likeness (QED) is 0.481. The maximum Gasteiger partial charge on any atom is 0.531 e. The number of rotatable bonds is 10. The number of nitrogens with zero attached hydrogens (tertiary/aromatic N) is 2. The SMILES string of the molecule is CC(C)C[C@H](CC(=O)[C@H](Cc1ccccc1)NC(=O)c1cnccn1)B1OC[C@H](C)S[C@@H](C)C(=O)O1. The fourth-order valence-corrected chi connectivity index (χ4v) is 5.21. The van der Waals surface area contributed by atoms with E-state index in [-0.39, 0.29) is 46.1 Å². The Labute approximate surface area is 217 Å². The van der Waals surface area contributed by atoms with Gasteiger partial charge in [-0.1, -0.05) is 51.1 Å². The summed E-state index contributed by atoms with van der Waals surface area (Å²) in [5.41, 5.74) is 1.06. The second kappa shape index (κ2) is 13.6. The van der Waals surface area contributed by atoms with Crippen molar-refractivity contribution >= 4 is 36.5 Å². The van der Waals surface area contributed by atoms with E-state index >= 15 is 0 Å². The number of benzene rings is 1. The van der Waals surface area contributed by atoms with E-state index in [2.05, 4.69) is 29.1 Å². The maximum atomic E-state index is 13.7. The highest BCUT2D eigenvalue weighted by Crippen LogP contribution is 2.31. The van der Waals surface area contributed by atoms with Crippen molar-refractivity contribution in [2.24, 2.45) is 5.92 Å². The number of carbonyl (C=O) groups is 3. The molecule has 0 aliphatic carbocycles. The normalized spacial score (nSPS) is 20.1. The predicted octanol–water partition coefficient (Wildman–Crippen LogP) is 3.77. The first kappa shape index (κ1) is 27.9. The minimum Gasteiger partial charge on any atom is -0.508 e. The number of ketones is 1. The average Bonchev–Trinajstić information content (AvgIpc) is 2.85. The van der Waals surface area contributed by atoms with Gasteiger partial charge in [0, 0.05) is 36.5 Å². The third-order valence-corrected chi connectivity index (χ3v) is 7.09. The minimum atomic E-state index is -0.817. The highest BCUT2D eigenvalue weighted by atomic mass is 32.2. The summed E-state index contributed by atoms with van der Waals surface area (Å²) in [5, 5.41) is 2.67. The summed E-state index contributed by atoms with van der Waals surface area (Å²) in [6, 6.07) is 8.74. The van der Waals surface area contributed by atoms with E-state index in [9.17, 15) is 14.4 Å². The van der Waals surface area contributed by atoms with Crippen molar-refractivity contribution in [2.45, 2.75) is 69.3 Å². The zero-order chi connectivity index (χ0) is 26.1. The molecule has 1 aromatic heterocycles. The van der Waals surface area contributed by atoms with Gasteiger partial charge in [0.2, 0.25) is 0 Å². The molecule has 0 saturated carbocycles. The van der Waals surface area contributed by atoms with Crippen molar-refractivity contribution in [3.05, 3.63) is 60.2 Å². The molecule has 0 spiro atoms. The van der Waals surface area contributed by atoms with Gasteiger partial charge in [0.25, 0.3) is 5.91 Å². The van der Waals surface area contributed by atoms with Gasteiger partial charge in [0.05, 0.1) is 17.5 Å². The second-order valence-corrected chi connectivity index (χ2v) is 11.4. The van der Waals surface area contributed by atoms with Crippen LogP contribution in [0.3, 0.4) is 0 Å². The molecule has 0 bridgehead atoms. The van der Waals surface area contributed by atoms with Crippen molar-refractivity contribution in [2.75, 3.05) is 6.61 Å². The molecule has 0 unspecified atom stereocenters. The van der Waals surface area contributed by atoms with Gasteiger partial charge in [0.15, 0.2) is 5.78 Å². The summed E-state index contributed by atoms with van der Waals surface area (Å²) >= 11 is 1.51. The topological polar surface area (TPSA) is 107 Å². The van der Waals surface area contributed by atoms with E-state index in [4.69, 9.17) is 9.31 Å². The molecular formula is C26H34BN3O5S. The minimum absolute atomic E-state index is 0.101. The molecule has 2 heterocycles. The van der Waals surface area contributed by atoms with E-state index in [0.29, 0.717) is 19.4 Å². The van der Waals surface area contributed by atoms with E-state index in [1.54, 1.807) is 0 Å². The third-order valence-electron chi connectivity index (χ3n) is 5.89. The Morgan fingerprint density at radius 3 is 2.61 bits per heavy atom. The molecule has 4 atom stereocenters. The number of Topliss-reactive ketones (excluding diaryl/α,β-unsaturated/α-hetero) is 1. The van der Waals surface area contributed by atoms with E-state index in [1.807, 2.05) is 44.2 Å². The highest BCUT2D eigenvalue weighted by Gasteiger charge is 2.40. The fraction of sp³-hybridized carbons (Fsp3) is 0.500. The molecule has 10 heteroatoms. The number of amides is 1. The average molecular weight is 511 g/mol. The van der Waals surface area contributed by atoms with Crippen LogP contribution in [0, 0.1) is 5.92 Å². The molecule has 36 heavy (non-hydrogen) atoms. The van der Waals surface area contributed by atoms with E-state index < -0.39 is 19.1 Å². The molecule has 2 aromatic rings. The molecule has 3 rings (SSSR count). The lowest BCUT2D eigenvalue weighted by molar-refractivity contribution is -0.135. The number of thioether (sulfide) groups is 1. The maximum absolute atomic E-state index is 13.7. The molecule has 1 aliphatic heterocycles.